The van der Waals surface area contributed by atoms with Crippen molar-refractivity contribution in [2.45, 2.75) is 38.7 Å². The number of amides is 1. The van der Waals surface area contributed by atoms with Gasteiger partial charge in [-0.1, -0.05) is 11.6 Å². The Bertz CT molecular complexity index is 978. The molecule has 32 heavy (non-hydrogen) atoms. The van der Waals surface area contributed by atoms with Gasteiger partial charge < -0.3 is 5.32 Å². The highest BCUT2D eigenvalue weighted by Gasteiger charge is 2.37. The van der Waals surface area contributed by atoms with Crippen molar-refractivity contribution in [2.24, 2.45) is 0 Å². The maximum absolute atomic E-state index is 13.7. The van der Waals surface area contributed by atoms with Gasteiger partial charge in [-0.25, -0.2) is 18.0 Å². The smallest absolute Gasteiger partial charge is 0.252 e. The summed E-state index contributed by atoms with van der Waals surface area (Å²) in [6, 6.07) is 4.71. The topological polar surface area (TPSA) is 65.5 Å². The van der Waals surface area contributed by atoms with Gasteiger partial charge in [-0.3, -0.25) is 14.0 Å². The van der Waals surface area contributed by atoms with Gasteiger partial charge in [0.1, 0.15) is 11.0 Å². The molecule has 2 aromatic rings. The van der Waals surface area contributed by atoms with E-state index in [1.54, 1.807) is 34.3 Å². The summed E-state index contributed by atoms with van der Waals surface area (Å²) in [4.78, 5) is 20.1. The van der Waals surface area contributed by atoms with E-state index in [2.05, 4.69) is 10.3 Å². The van der Waals surface area contributed by atoms with Crippen molar-refractivity contribution in [1.82, 2.24) is 15.2 Å². The maximum Gasteiger partial charge on any atom is 0.252 e. The molecule has 0 radical (unpaired) electrons. The molecule has 2 unspecified atom stereocenters. The summed E-state index contributed by atoms with van der Waals surface area (Å²) in [5.74, 6) is -2.99. The van der Waals surface area contributed by atoms with Crippen molar-refractivity contribution in [3.8, 4) is 0 Å². The van der Waals surface area contributed by atoms with Crippen molar-refractivity contribution >= 4 is 45.5 Å². The molecule has 176 valence electrons. The van der Waals surface area contributed by atoms with Gasteiger partial charge in [0.2, 0.25) is 0 Å². The highest BCUT2D eigenvalue weighted by molar-refractivity contribution is 7.85. The summed E-state index contributed by atoms with van der Waals surface area (Å²) in [5.41, 5.74) is 3.53. The summed E-state index contributed by atoms with van der Waals surface area (Å²) >= 11 is 7.82. The number of likely N-dealkylation sites (tertiary alicyclic amines) is 1. The predicted octanol–water partition coefficient (Wildman–Crippen LogP) is 4.43. The van der Waals surface area contributed by atoms with Crippen molar-refractivity contribution < 1.29 is 17.8 Å². The first-order valence-electron chi connectivity index (χ1n) is 10.3. The lowest BCUT2D eigenvalue weighted by atomic mass is 10.0. The molecule has 1 aliphatic heterocycles. The molecule has 1 aromatic carbocycles. The minimum Gasteiger partial charge on any atom is -0.350 e. The normalized spacial score (nSPS) is 18.2. The van der Waals surface area contributed by atoms with E-state index in [0.29, 0.717) is 17.8 Å². The van der Waals surface area contributed by atoms with Crippen molar-refractivity contribution in [1.29, 1.82) is 0 Å². The van der Waals surface area contributed by atoms with Crippen LogP contribution in [0.4, 0.5) is 14.5 Å². The van der Waals surface area contributed by atoms with Crippen LogP contribution in [0, 0.1) is 6.92 Å². The molecule has 6 nitrogen and oxygen atoms in total. The number of rotatable bonds is 8. The third-order valence-corrected chi connectivity index (χ3v) is 8.03. The van der Waals surface area contributed by atoms with Crippen LogP contribution < -0.4 is 9.62 Å². The van der Waals surface area contributed by atoms with Crippen LogP contribution in [-0.2, 0) is 11.0 Å². The van der Waals surface area contributed by atoms with Gasteiger partial charge in [0.05, 0.1) is 33.5 Å². The molecule has 1 saturated heterocycles. The lowest BCUT2D eigenvalue weighted by Gasteiger charge is -2.37. The molecule has 1 aromatic heterocycles. The quantitative estimate of drug-likeness (QED) is 0.577. The number of carbonyl (C=O) groups is 1. The molecule has 0 spiro atoms. The van der Waals surface area contributed by atoms with Gasteiger partial charge in [0.15, 0.2) is 0 Å². The first kappa shape index (κ1) is 25.0. The zero-order chi connectivity index (χ0) is 23.5. The Hall–Kier alpha value is -1.62. The number of hydrogen-bond donors (Lipinski definition) is 1. The van der Waals surface area contributed by atoms with Crippen LogP contribution in [0.3, 0.4) is 0 Å². The van der Waals surface area contributed by atoms with Gasteiger partial charge in [-0.15, -0.1) is 11.3 Å². The zero-order valence-electron chi connectivity index (χ0n) is 18.2. The fourth-order valence-corrected chi connectivity index (χ4v) is 5.79. The molecule has 2 heterocycles. The van der Waals surface area contributed by atoms with Gasteiger partial charge >= 0.3 is 0 Å². The number of carbonyl (C=O) groups excluding carboxylic acids is 1. The Morgan fingerprint density at radius 2 is 2.09 bits per heavy atom. The third kappa shape index (κ3) is 5.84. The average molecular weight is 505 g/mol. The lowest BCUT2D eigenvalue weighted by molar-refractivity contribution is -0.0629. The van der Waals surface area contributed by atoms with Crippen LogP contribution in [-0.4, -0.2) is 58.4 Å². The molecule has 1 fully saturated rings. The largest absolute Gasteiger partial charge is 0.350 e. The molecule has 0 saturated carbocycles. The lowest BCUT2D eigenvalue weighted by Crippen LogP contribution is -2.45. The van der Waals surface area contributed by atoms with Gasteiger partial charge in [-0.05, 0) is 32.0 Å². The number of aromatic nitrogens is 1. The Morgan fingerprint density at radius 3 is 2.62 bits per heavy atom. The first-order chi connectivity index (χ1) is 15.1. The van der Waals surface area contributed by atoms with E-state index in [4.69, 9.17) is 11.6 Å². The number of hydrogen-bond acceptors (Lipinski definition) is 5. The van der Waals surface area contributed by atoms with E-state index in [9.17, 15) is 17.8 Å². The van der Waals surface area contributed by atoms with Crippen LogP contribution in [0.25, 0.3) is 0 Å². The molecule has 11 heteroatoms. The Morgan fingerprint density at radius 1 is 1.41 bits per heavy atom. The molecule has 1 aliphatic rings. The molecular formula is C21H27ClF2N4O2S2. The summed E-state index contributed by atoms with van der Waals surface area (Å²) < 4.78 is 40.9. The molecular weight excluding hydrogens is 478 g/mol. The number of benzene rings is 1. The third-order valence-electron chi connectivity index (χ3n) is 5.59. The molecule has 3 rings (SSSR count). The second-order valence-corrected chi connectivity index (χ2v) is 10.3. The second-order valence-electron chi connectivity index (χ2n) is 7.70. The Balaban J connectivity index is 1.74. The molecule has 0 aliphatic carbocycles. The number of alkyl halides is 2. The van der Waals surface area contributed by atoms with E-state index in [0.717, 1.165) is 10.6 Å². The Kier molecular flexibility index (Phi) is 8.24. The highest BCUT2D eigenvalue weighted by atomic mass is 35.5. The second kappa shape index (κ2) is 10.5. The number of piperidine rings is 1. The number of aryl methyl sites for hydroxylation is 1. The monoisotopic (exact) mass is 504 g/mol. The average Bonchev–Trinajstić information content (AvgIpc) is 3.15. The van der Waals surface area contributed by atoms with Crippen LogP contribution in [0.5, 0.6) is 0 Å². The van der Waals surface area contributed by atoms with Gasteiger partial charge in [0.25, 0.3) is 11.8 Å². The SMILES string of the molecule is CCN(c1ccc(C(=O)NCC(c2scnc2C)N2CCC(F)(F)CC2)c(Cl)c1)S(C)=O. The highest BCUT2D eigenvalue weighted by Crippen LogP contribution is 2.34. The van der Waals surface area contributed by atoms with Gasteiger partial charge in [-0.2, -0.15) is 0 Å². The van der Waals surface area contributed by atoms with Crippen LogP contribution in [0.2, 0.25) is 5.02 Å². The maximum atomic E-state index is 13.7. The van der Waals surface area contributed by atoms with Crippen LogP contribution in [0.1, 0.15) is 46.7 Å². The van der Waals surface area contributed by atoms with Crippen LogP contribution in [0.15, 0.2) is 23.7 Å². The van der Waals surface area contributed by atoms with E-state index < -0.39 is 16.9 Å². The summed E-state index contributed by atoms with van der Waals surface area (Å²) in [6.07, 6.45) is 1.18. The van der Waals surface area contributed by atoms with E-state index >= 15 is 0 Å². The van der Waals surface area contributed by atoms with E-state index in [1.807, 2.05) is 18.7 Å². The van der Waals surface area contributed by atoms with Gasteiger partial charge in [0, 0.05) is 50.2 Å². The van der Waals surface area contributed by atoms with Crippen LogP contribution >= 0.6 is 22.9 Å². The minimum atomic E-state index is -2.64. The Labute approximate surface area is 198 Å². The first-order valence-corrected chi connectivity index (χ1v) is 13.1. The van der Waals surface area contributed by atoms with E-state index in [1.165, 1.54) is 11.3 Å². The number of halogens is 3. The number of thiazole rings is 1. The fourth-order valence-electron chi connectivity index (χ4n) is 3.82. The number of anilines is 1. The molecule has 1 N–H and O–H groups in total. The standard InChI is InChI=1S/C21H27ClF2N4O2S2/c1-4-28(32(3)30)15-5-6-16(17(22)11-15)20(29)25-12-18(19-14(2)26-13-31-19)27-9-7-21(23,24)8-10-27/h5-6,11,13,18H,4,7-10,12H2,1-3H3,(H,25,29). The molecule has 0 bridgehead atoms. The zero-order valence-corrected chi connectivity index (χ0v) is 20.6. The van der Waals surface area contributed by atoms with Crippen molar-refractivity contribution in [3.63, 3.8) is 0 Å². The molecule has 1 amide bonds. The molecule has 2 atom stereocenters. The van der Waals surface area contributed by atoms with E-state index in [-0.39, 0.29) is 49.4 Å². The van der Waals surface area contributed by atoms with Crippen molar-refractivity contribution in [3.05, 3.63) is 44.9 Å². The summed E-state index contributed by atoms with van der Waals surface area (Å²) in [6.45, 7) is 5.06. The summed E-state index contributed by atoms with van der Waals surface area (Å²) in [7, 11) is -1.21. The number of nitrogens with one attached hydrogen (secondary N) is 1. The minimum absolute atomic E-state index is 0.199. The van der Waals surface area contributed by atoms with Crippen molar-refractivity contribution in [2.75, 3.05) is 36.7 Å². The fraction of sp³-hybridized carbons (Fsp3) is 0.524. The summed E-state index contributed by atoms with van der Waals surface area (Å²) in [5, 5.41) is 3.17. The predicted molar refractivity (Wildman–Crippen MR) is 126 cm³/mol. The number of nitrogens with zero attached hydrogens (tertiary/aromatic N) is 3.